The molecule has 0 saturated carbocycles. The number of nitrogens with one attached hydrogen (secondary N) is 1. The van der Waals surface area contributed by atoms with Crippen LogP contribution in [0.4, 0.5) is 0 Å². The molecule has 0 bridgehead atoms. The SMILES string of the molecule is CCONCCCCCCN.O=S(=O)(O)O. The summed E-state index contributed by atoms with van der Waals surface area (Å²) < 4.78 is 31.6. The van der Waals surface area contributed by atoms with Gasteiger partial charge in [0.1, 0.15) is 0 Å². The van der Waals surface area contributed by atoms with Gasteiger partial charge in [-0.2, -0.15) is 8.42 Å². The lowest BCUT2D eigenvalue weighted by Gasteiger charge is -2.02. The Balaban J connectivity index is 0. The van der Waals surface area contributed by atoms with Crippen LogP contribution in [0.15, 0.2) is 0 Å². The maximum absolute atomic E-state index is 8.74. The lowest BCUT2D eigenvalue weighted by Crippen LogP contribution is -2.15. The van der Waals surface area contributed by atoms with Gasteiger partial charge in [0.05, 0.1) is 6.61 Å². The average molecular weight is 258 g/mol. The van der Waals surface area contributed by atoms with Crippen molar-refractivity contribution in [2.45, 2.75) is 32.6 Å². The van der Waals surface area contributed by atoms with Crippen molar-refractivity contribution in [2.75, 3.05) is 19.7 Å². The van der Waals surface area contributed by atoms with Crippen LogP contribution >= 0.6 is 0 Å². The molecule has 0 spiro atoms. The van der Waals surface area contributed by atoms with Gasteiger partial charge in [-0.3, -0.25) is 9.11 Å². The van der Waals surface area contributed by atoms with Gasteiger partial charge in [-0.15, -0.1) is 0 Å². The summed E-state index contributed by atoms with van der Waals surface area (Å²) in [7, 11) is -4.67. The summed E-state index contributed by atoms with van der Waals surface area (Å²) in [6, 6.07) is 0. The summed E-state index contributed by atoms with van der Waals surface area (Å²) in [6.07, 6.45) is 4.82. The highest BCUT2D eigenvalue weighted by molar-refractivity contribution is 7.79. The Morgan fingerprint density at radius 1 is 1.19 bits per heavy atom. The highest BCUT2D eigenvalue weighted by Crippen LogP contribution is 1.96. The van der Waals surface area contributed by atoms with E-state index in [1.807, 2.05) is 6.92 Å². The molecule has 0 aliphatic carbocycles. The molecule has 16 heavy (non-hydrogen) atoms. The molecule has 8 heteroatoms. The van der Waals surface area contributed by atoms with Crippen LogP contribution in [0.25, 0.3) is 0 Å². The Labute approximate surface area is 96.9 Å². The second kappa shape index (κ2) is 12.8. The first-order valence-electron chi connectivity index (χ1n) is 5.16. The normalized spacial score (nSPS) is 10.8. The van der Waals surface area contributed by atoms with Crippen LogP contribution in [-0.2, 0) is 15.2 Å². The maximum atomic E-state index is 8.74. The monoisotopic (exact) mass is 258 g/mol. The molecule has 5 N–H and O–H groups in total. The highest BCUT2D eigenvalue weighted by atomic mass is 32.3. The molecule has 100 valence electrons. The summed E-state index contributed by atoms with van der Waals surface area (Å²) in [6.45, 7) is 4.49. The first-order chi connectivity index (χ1) is 7.41. The standard InChI is InChI=1S/C8H20N2O.H2O4S/c1-2-11-10-8-6-4-3-5-7-9;1-5(2,3)4/h10H,2-9H2,1H3;(H2,1,2,3,4). The van der Waals surface area contributed by atoms with Crippen LogP contribution in [0.2, 0.25) is 0 Å². The molecular weight excluding hydrogens is 236 g/mol. The molecule has 0 rings (SSSR count). The van der Waals surface area contributed by atoms with Gasteiger partial charge in [0.15, 0.2) is 0 Å². The summed E-state index contributed by atoms with van der Waals surface area (Å²) in [5.41, 5.74) is 8.23. The third-order valence-corrected chi connectivity index (χ3v) is 1.48. The van der Waals surface area contributed by atoms with Crippen LogP contribution in [0.1, 0.15) is 32.6 Å². The molecule has 0 atom stereocenters. The van der Waals surface area contributed by atoms with E-state index in [0.717, 1.165) is 26.1 Å². The lowest BCUT2D eigenvalue weighted by molar-refractivity contribution is 0.0501. The van der Waals surface area contributed by atoms with E-state index in [2.05, 4.69) is 5.48 Å². The number of hydrogen-bond donors (Lipinski definition) is 4. The van der Waals surface area contributed by atoms with Gasteiger partial charge in [-0.05, 0) is 26.3 Å². The molecule has 0 amide bonds. The number of nitrogens with two attached hydrogens (primary N) is 1. The zero-order valence-corrected chi connectivity index (χ0v) is 10.4. The smallest absolute Gasteiger partial charge is 0.330 e. The van der Waals surface area contributed by atoms with Crippen LogP contribution < -0.4 is 11.2 Å². The van der Waals surface area contributed by atoms with Crippen LogP contribution in [0.5, 0.6) is 0 Å². The van der Waals surface area contributed by atoms with E-state index in [1.165, 1.54) is 19.3 Å². The third-order valence-electron chi connectivity index (χ3n) is 1.48. The molecule has 0 unspecified atom stereocenters. The Bertz CT molecular complexity index is 204. The van der Waals surface area contributed by atoms with Gasteiger partial charge in [0.2, 0.25) is 0 Å². The van der Waals surface area contributed by atoms with Gasteiger partial charge >= 0.3 is 10.4 Å². The second-order valence-electron chi connectivity index (χ2n) is 2.98. The molecular formula is C8H22N2O5S. The zero-order chi connectivity index (χ0) is 12.9. The summed E-state index contributed by atoms with van der Waals surface area (Å²) >= 11 is 0. The van der Waals surface area contributed by atoms with Crippen molar-refractivity contribution in [1.29, 1.82) is 0 Å². The minimum Gasteiger partial charge on any atom is -0.330 e. The summed E-state index contributed by atoms with van der Waals surface area (Å²) in [4.78, 5) is 4.97. The predicted octanol–water partition coefficient (Wildman–Crippen LogP) is 0.394. The fourth-order valence-corrected chi connectivity index (χ4v) is 0.869. The Morgan fingerprint density at radius 3 is 2.12 bits per heavy atom. The van der Waals surface area contributed by atoms with Crippen molar-refractivity contribution in [3.8, 4) is 0 Å². The van der Waals surface area contributed by atoms with E-state index in [9.17, 15) is 0 Å². The minimum absolute atomic E-state index is 0.739. The van der Waals surface area contributed by atoms with Gasteiger partial charge in [0.25, 0.3) is 0 Å². The van der Waals surface area contributed by atoms with Gasteiger partial charge in [0, 0.05) is 6.54 Å². The molecule has 0 saturated heterocycles. The fourth-order valence-electron chi connectivity index (χ4n) is 0.869. The van der Waals surface area contributed by atoms with E-state index >= 15 is 0 Å². The second-order valence-corrected chi connectivity index (χ2v) is 3.87. The Hall–Kier alpha value is -0.250. The van der Waals surface area contributed by atoms with Crippen molar-refractivity contribution in [3.05, 3.63) is 0 Å². The van der Waals surface area contributed by atoms with E-state index in [-0.39, 0.29) is 0 Å². The molecule has 0 aliphatic heterocycles. The fraction of sp³-hybridized carbons (Fsp3) is 1.00. The van der Waals surface area contributed by atoms with E-state index < -0.39 is 10.4 Å². The Morgan fingerprint density at radius 2 is 1.69 bits per heavy atom. The van der Waals surface area contributed by atoms with Crippen molar-refractivity contribution in [3.63, 3.8) is 0 Å². The molecule has 0 aromatic rings. The van der Waals surface area contributed by atoms with Gasteiger partial charge in [-0.25, -0.2) is 5.48 Å². The molecule has 0 aromatic carbocycles. The minimum atomic E-state index is -4.67. The molecule has 0 heterocycles. The van der Waals surface area contributed by atoms with Crippen molar-refractivity contribution in [2.24, 2.45) is 5.73 Å². The molecule has 7 nitrogen and oxygen atoms in total. The topological polar surface area (TPSA) is 122 Å². The zero-order valence-electron chi connectivity index (χ0n) is 9.55. The summed E-state index contributed by atoms with van der Waals surface area (Å²) in [5, 5.41) is 0. The predicted molar refractivity (Wildman–Crippen MR) is 61.3 cm³/mol. The van der Waals surface area contributed by atoms with Crippen LogP contribution in [0, 0.1) is 0 Å². The number of rotatable bonds is 8. The Kier molecular flexibility index (Phi) is 14.5. The third kappa shape index (κ3) is 37.2. The molecule has 0 radical (unpaired) electrons. The number of hydroxylamine groups is 1. The van der Waals surface area contributed by atoms with Gasteiger partial charge < -0.3 is 10.6 Å². The van der Waals surface area contributed by atoms with Crippen LogP contribution in [0.3, 0.4) is 0 Å². The van der Waals surface area contributed by atoms with E-state index in [0.29, 0.717) is 0 Å². The van der Waals surface area contributed by atoms with Crippen molar-refractivity contribution in [1.82, 2.24) is 5.48 Å². The average Bonchev–Trinajstić information content (AvgIpc) is 2.14. The molecule has 0 fully saturated rings. The summed E-state index contributed by atoms with van der Waals surface area (Å²) in [5.74, 6) is 0. The first kappa shape index (κ1) is 18.1. The number of hydrogen-bond acceptors (Lipinski definition) is 5. The molecule has 0 aromatic heterocycles. The van der Waals surface area contributed by atoms with Gasteiger partial charge in [-0.1, -0.05) is 12.8 Å². The van der Waals surface area contributed by atoms with Crippen LogP contribution in [-0.4, -0.2) is 37.2 Å². The lowest BCUT2D eigenvalue weighted by atomic mass is 10.2. The number of unbranched alkanes of at least 4 members (excludes halogenated alkanes) is 3. The van der Waals surface area contributed by atoms with E-state index in [4.69, 9.17) is 28.1 Å². The highest BCUT2D eigenvalue weighted by Gasteiger charge is 1.87. The molecule has 0 aliphatic rings. The largest absolute Gasteiger partial charge is 0.394 e. The maximum Gasteiger partial charge on any atom is 0.394 e. The quantitative estimate of drug-likeness (QED) is 0.282. The first-order valence-corrected chi connectivity index (χ1v) is 6.56. The van der Waals surface area contributed by atoms with Crippen molar-refractivity contribution >= 4 is 10.4 Å². The van der Waals surface area contributed by atoms with E-state index in [1.54, 1.807) is 0 Å². The van der Waals surface area contributed by atoms with Crippen molar-refractivity contribution < 1.29 is 22.4 Å².